The second kappa shape index (κ2) is 6.59. The summed E-state index contributed by atoms with van der Waals surface area (Å²) < 4.78 is 10.2. The number of esters is 2. The summed E-state index contributed by atoms with van der Waals surface area (Å²) in [5.41, 5.74) is 0. The first kappa shape index (κ1) is 14.0. The number of aliphatic hydroxyl groups is 1. The topological polar surface area (TPSA) is 72.8 Å². The van der Waals surface area contributed by atoms with Crippen molar-refractivity contribution in [3.63, 3.8) is 0 Å². The highest BCUT2D eigenvalue weighted by Gasteiger charge is 2.30. The van der Waals surface area contributed by atoms with Gasteiger partial charge in [0.1, 0.15) is 18.8 Å². The Kier molecular flexibility index (Phi) is 5.41. The maximum Gasteiger partial charge on any atom is 0.332 e. The molecule has 0 aromatic rings. The molecule has 0 aromatic carbocycles. The Morgan fingerprint density at radius 3 is 2.94 bits per heavy atom. The summed E-state index contributed by atoms with van der Waals surface area (Å²) in [6, 6.07) is 0. The van der Waals surface area contributed by atoms with Crippen LogP contribution in [0.2, 0.25) is 0 Å². The van der Waals surface area contributed by atoms with E-state index in [1.807, 2.05) is 0 Å². The predicted molar refractivity (Wildman–Crippen MR) is 60.2 cm³/mol. The molecule has 1 N–H and O–H groups in total. The number of aliphatic hydroxyl groups excluding tert-OH is 1. The van der Waals surface area contributed by atoms with Crippen LogP contribution in [0.3, 0.4) is 0 Å². The summed E-state index contributed by atoms with van der Waals surface area (Å²) in [5, 5.41) is 8.61. The van der Waals surface area contributed by atoms with Crippen LogP contribution >= 0.6 is 0 Å². The zero-order chi connectivity index (χ0) is 12.8. The summed E-state index contributed by atoms with van der Waals surface area (Å²) in [6.07, 6.45) is 2.04. The van der Waals surface area contributed by atoms with Crippen LogP contribution in [-0.4, -0.2) is 35.9 Å². The van der Waals surface area contributed by atoms with Crippen LogP contribution in [0.15, 0.2) is 0 Å². The Morgan fingerprint density at radius 1 is 1.65 bits per heavy atom. The smallest absolute Gasteiger partial charge is 0.332 e. The van der Waals surface area contributed by atoms with E-state index in [-0.39, 0.29) is 5.97 Å². The predicted octanol–water partition coefficient (Wildman–Crippen LogP) is 1.03. The van der Waals surface area contributed by atoms with E-state index >= 15 is 0 Å². The minimum Gasteiger partial charge on any atom is -0.458 e. The van der Waals surface area contributed by atoms with Crippen LogP contribution < -0.4 is 0 Å². The minimum absolute atomic E-state index is 0.238. The molecule has 0 radical (unpaired) electrons. The van der Waals surface area contributed by atoms with E-state index in [9.17, 15) is 9.59 Å². The van der Waals surface area contributed by atoms with Crippen molar-refractivity contribution in [1.82, 2.24) is 0 Å². The molecular formula is C12H20O5. The monoisotopic (exact) mass is 244 g/mol. The average Bonchev–Trinajstić information content (AvgIpc) is 2.50. The molecule has 1 saturated heterocycles. The van der Waals surface area contributed by atoms with Gasteiger partial charge in [-0.15, -0.1) is 0 Å². The normalized spacial score (nSPS) is 26.9. The molecule has 0 amide bonds. The molecule has 3 unspecified atom stereocenters. The highest BCUT2D eigenvalue weighted by Crippen LogP contribution is 2.26. The molecule has 0 spiro atoms. The number of carbonyl (C=O) groups excluding carboxylic acids is 2. The van der Waals surface area contributed by atoms with Crippen LogP contribution in [0.5, 0.6) is 0 Å². The first-order chi connectivity index (χ1) is 8.06. The summed E-state index contributed by atoms with van der Waals surface area (Å²) in [7, 11) is 0. The van der Waals surface area contributed by atoms with Gasteiger partial charge < -0.3 is 14.6 Å². The molecule has 5 nitrogen and oxygen atoms in total. The third kappa shape index (κ3) is 4.34. The molecule has 17 heavy (non-hydrogen) atoms. The number of cyclic esters (lactones) is 1. The number of rotatable bonds is 4. The van der Waals surface area contributed by atoms with Crippen molar-refractivity contribution in [1.29, 1.82) is 0 Å². The summed E-state index contributed by atoms with van der Waals surface area (Å²) in [5.74, 6) is -0.509. The summed E-state index contributed by atoms with van der Waals surface area (Å²) >= 11 is 0. The van der Waals surface area contributed by atoms with Crippen molar-refractivity contribution in [2.45, 2.75) is 51.7 Å². The Bertz CT molecular complexity index is 276. The second-order valence-electron chi connectivity index (χ2n) is 4.43. The number of ether oxygens (including phenoxy) is 2. The van der Waals surface area contributed by atoms with Gasteiger partial charge in [-0.3, -0.25) is 4.79 Å². The Labute approximate surface area is 101 Å². The zero-order valence-corrected chi connectivity index (χ0v) is 10.3. The van der Waals surface area contributed by atoms with Crippen molar-refractivity contribution in [2.24, 2.45) is 5.92 Å². The van der Waals surface area contributed by atoms with Crippen molar-refractivity contribution < 1.29 is 24.2 Å². The maximum atomic E-state index is 11.4. The van der Waals surface area contributed by atoms with E-state index in [1.165, 1.54) is 0 Å². The van der Waals surface area contributed by atoms with Crippen LogP contribution in [0.1, 0.15) is 39.5 Å². The van der Waals surface area contributed by atoms with Gasteiger partial charge in [-0.25, -0.2) is 4.79 Å². The van der Waals surface area contributed by atoms with Crippen molar-refractivity contribution in [3.8, 4) is 0 Å². The van der Waals surface area contributed by atoms with Gasteiger partial charge in [0.25, 0.3) is 0 Å². The van der Waals surface area contributed by atoms with Crippen molar-refractivity contribution in [3.05, 3.63) is 0 Å². The number of hydrogen-bond acceptors (Lipinski definition) is 5. The highest BCUT2D eigenvalue weighted by molar-refractivity contribution is 5.71. The fourth-order valence-corrected chi connectivity index (χ4v) is 2.02. The van der Waals surface area contributed by atoms with Crippen LogP contribution in [0.25, 0.3) is 0 Å². The molecule has 0 aromatic heterocycles. The first-order valence-corrected chi connectivity index (χ1v) is 6.06. The van der Waals surface area contributed by atoms with Gasteiger partial charge in [0.15, 0.2) is 0 Å². The molecule has 0 saturated carbocycles. The Morgan fingerprint density at radius 2 is 2.35 bits per heavy atom. The van der Waals surface area contributed by atoms with Gasteiger partial charge in [-0.2, -0.15) is 0 Å². The molecule has 1 aliphatic rings. The van der Waals surface area contributed by atoms with Gasteiger partial charge in [-0.05, 0) is 25.7 Å². The molecule has 0 bridgehead atoms. The lowest BCUT2D eigenvalue weighted by molar-refractivity contribution is -0.167. The van der Waals surface area contributed by atoms with E-state index in [0.29, 0.717) is 18.8 Å². The SMILES string of the molecule is CCC1CCC(=O)OC(C(C)OC(=O)CO)C1. The third-order valence-corrected chi connectivity index (χ3v) is 3.15. The number of hydrogen-bond donors (Lipinski definition) is 1. The van der Waals surface area contributed by atoms with Crippen molar-refractivity contribution >= 4 is 11.9 Å². The van der Waals surface area contributed by atoms with Crippen LogP contribution in [-0.2, 0) is 19.1 Å². The molecule has 98 valence electrons. The van der Waals surface area contributed by atoms with E-state index in [1.54, 1.807) is 6.92 Å². The molecule has 0 aliphatic carbocycles. The Hall–Kier alpha value is -1.10. The first-order valence-electron chi connectivity index (χ1n) is 6.06. The maximum absolute atomic E-state index is 11.4. The summed E-state index contributed by atoms with van der Waals surface area (Å²) in [4.78, 5) is 22.4. The second-order valence-corrected chi connectivity index (χ2v) is 4.43. The lowest BCUT2D eigenvalue weighted by Crippen LogP contribution is -2.33. The standard InChI is InChI=1S/C12H20O5/c1-3-9-4-5-11(14)17-10(6-9)8(2)16-12(15)7-13/h8-10,13H,3-7H2,1-2H3. The summed E-state index contributed by atoms with van der Waals surface area (Å²) in [6.45, 7) is 3.10. The average molecular weight is 244 g/mol. The molecule has 1 fully saturated rings. The minimum atomic E-state index is -0.689. The van der Waals surface area contributed by atoms with Gasteiger partial charge >= 0.3 is 11.9 Å². The van der Waals surface area contributed by atoms with Crippen molar-refractivity contribution in [2.75, 3.05) is 6.61 Å². The van der Waals surface area contributed by atoms with Crippen LogP contribution in [0.4, 0.5) is 0 Å². The third-order valence-electron chi connectivity index (χ3n) is 3.15. The van der Waals surface area contributed by atoms with E-state index < -0.39 is 24.8 Å². The van der Waals surface area contributed by atoms with E-state index in [4.69, 9.17) is 14.6 Å². The van der Waals surface area contributed by atoms with Gasteiger partial charge in [-0.1, -0.05) is 13.3 Å². The zero-order valence-electron chi connectivity index (χ0n) is 10.3. The van der Waals surface area contributed by atoms with E-state index in [2.05, 4.69) is 6.92 Å². The Balaban J connectivity index is 2.59. The molecule has 5 heteroatoms. The molecule has 3 atom stereocenters. The van der Waals surface area contributed by atoms with Gasteiger partial charge in [0.2, 0.25) is 0 Å². The lowest BCUT2D eigenvalue weighted by Gasteiger charge is -2.24. The lowest BCUT2D eigenvalue weighted by atomic mass is 9.93. The molecule has 1 heterocycles. The molecule has 1 aliphatic heterocycles. The molecular weight excluding hydrogens is 224 g/mol. The molecule has 1 rings (SSSR count). The van der Waals surface area contributed by atoms with Gasteiger partial charge in [0.05, 0.1) is 0 Å². The quantitative estimate of drug-likeness (QED) is 0.748. The highest BCUT2D eigenvalue weighted by atomic mass is 16.6. The number of carbonyl (C=O) groups is 2. The van der Waals surface area contributed by atoms with Crippen LogP contribution in [0, 0.1) is 5.92 Å². The fourth-order valence-electron chi connectivity index (χ4n) is 2.02. The van der Waals surface area contributed by atoms with Gasteiger partial charge in [0, 0.05) is 6.42 Å². The largest absolute Gasteiger partial charge is 0.458 e. The fraction of sp³-hybridized carbons (Fsp3) is 0.833. The van der Waals surface area contributed by atoms with E-state index in [0.717, 1.165) is 12.8 Å².